The Kier molecular flexibility index (Phi) is 2.51. The van der Waals surface area contributed by atoms with E-state index in [0.29, 0.717) is 23.7 Å². The first-order chi connectivity index (χ1) is 8.24. The van der Waals surface area contributed by atoms with Crippen molar-refractivity contribution in [2.45, 2.75) is 57.7 Å². The van der Waals surface area contributed by atoms with E-state index in [2.05, 4.69) is 13.8 Å². The predicted molar refractivity (Wildman–Crippen MR) is 68.9 cm³/mol. The Morgan fingerprint density at radius 3 is 2.17 bits per heavy atom. The highest BCUT2D eigenvalue weighted by Crippen LogP contribution is 2.71. The molecule has 0 saturated heterocycles. The first kappa shape index (κ1) is 12.9. The second-order valence-electron chi connectivity index (χ2n) is 7.78. The summed E-state index contributed by atoms with van der Waals surface area (Å²) in [4.78, 5) is 0. The van der Waals surface area contributed by atoms with Gasteiger partial charge in [-0.15, -0.1) is 0 Å². The van der Waals surface area contributed by atoms with Crippen molar-refractivity contribution in [2.75, 3.05) is 6.61 Å². The van der Waals surface area contributed by atoms with Crippen LogP contribution in [0.3, 0.4) is 0 Å². The first-order valence-electron chi connectivity index (χ1n) is 7.30. The molecule has 3 aliphatic carbocycles. The summed E-state index contributed by atoms with van der Waals surface area (Å²) in [6, 6.07) is 0. The molecule has 3 fully saturated rings. The van der Waals surface area contributed by atoms with E-state index in [4.69, 9.17) is 0 Å². The SMILES string of the molecule is CC1(C)[C@H]2[C@H]3[C@@H](CC[C@]3(C)O)[C@@](O)(CO)CC[C@H]21. The minimum atomic E-state index is -0.964. The molecule has 0 radical (unpaired) electrons. The maximum atomic E-state index is 10.7. The zero-order valence-electron chi connectivity index (χ0n) is 11.7. The zero-order chi connectivity index (χ0) is 13.3. The van der Waals surface area contributed by atoms with Crippen molar-refractivity contribution < 1.29 is 15.3 Å². The van der Waals surface area contributed by atoms with Crippen LogP contribution in [-0.2, 0) is 0 Å². The van der Waals surface area contributed by atoms with Crippen molar-refractivity contribution in [1.29, 1.82) is 0 Å². The molecule has 0 bridgehead atoms. The fourth-order valence-corrected chi connectivity index (χ4v) is 5.31. The quantitative estimate of drug-likeness (QED) is 0.665. The molecule has 3 saturated carbocycles. The summed E-state index contributed by atoms with van der Waals surface area (Å²) in [6.07, 6.45) is 3.26. The third-order valence-corrected chi connectivity index (χ3v) is 6.49. The molecule has 0 aromatic heterocycles. The Labute approximate surface area is 109 Å². The van der Waals surface area contributed by atoms with Crippen LogP contribution in [0.25, 0.3) is 0 Å². The molecule has 3 heteroatoms. The molecule has 0 amide bonds. The average molecular weight is 254 g/mol. The van der Waals surface area contributed by atoms with Crippen molar-refractivity contribution >= 4 is 0 Å². The van der Waals surface area contributed by atoms with E-state index in [0.717, 1.165) is 19.3 Å². The van der Waals surface area contributed by atoms with E-state index in [1.807, 2.05) is 6.92 Å². The van der Waals surface area contributed by atoms with Gasteiger partial charge in [0.25, 0.3) is 0 Å². The van der Waals surface area contributed by atoms with E-state index in [-0.39, 0.29) is 18.4 Å². The fraction of sp³-hybridized carbons (Fsp3) is 1.00. The third kappa shape index (κ3) is 1.47. The van der Waals surface area contributed by atoms with E-state index >= 15 is 0 Å². The lowest BCUT2D eigenvalue weighted by molar-refractivity contribution is -0.101. The molecule has 3 N–H and O–H groups in total. The molecule has 0 spiro atoms. The lowest BCUT2D eigenvalue weighted by Gasteiger charge is -2.39. The van der Waals surface area contributed by atoms with Gasteiger partial charge in [0.2, 0.25) is 0 Å². The normalized spacial score (nSPS) is 57.7. The van der Waals surface area contributed by atoms with Crippen LogP contribution in [0.1, 0.15) is 46.5 Å². The van der Waals surface area contributed by atoms with Gasteiger partial charge in [-0.3, -0.25) is 0 Å². The molecule has 3 aliphatic rings. The first-order valence-corrected chi connectivity index (χ1v) is 7.30. The van der Waals surface area contributed by atoms with Gasteiger partial charge in [0.15, 0.2) is 0 Å². The van der Waals surface area contributed by atoms with Crippen LogP contribution in [0.5, 0.6) is 0 Å². The largest absolute Gasteiger partial charge is 0.393 e. The van der Waals surface area contributed by atoms with E-state index in [1.54, 1.807) is 0 Å². The van der Waals surface area contributed by atoms with E-state index in [9.17, 15) is 15.3 Å². The number of aliphatic hydroxyl groups is 3. The molecular weight excluding hydrogens is 228 g/mol. The summed E-state index contributed by atoms with van der Waals surface area (Å²) in [5, 5.41) is 31.0. The highest BCUT2D eigenvalue weighted by Gasteiger charge is 2.70. The molecule has 3 nitrogen and oxygen atoms in total. The van der Waals surface area contributed by atoms with E-state index < -0.39 is 11.2 Å². The molecule has 18 heavy (non-hydrogen) atoms. The monoisotopic (exact) mass is 254 g/mol. The summed E-state index contributed by atoms with van der Waals surface area (Å²) in [7, 11) is 0. The topological polar surface area (TPSA) is 60.7 Å². The van der Waals surface area contributed by atoms with Gasteiger partial charge in [-0.2, -0.15) is 0 Å². The number of hydrogen-bond acceptors (Lipinski definition) is 3. The summed E-state index contributed by atoms with van der Waals surface area (Å²) < 4.78 is 0. The lowest BCUT2D eigenvalue weighted by atomic mass is 9.72. The van der Waals surface area contributed by atoms with Gasteiger partial charge in [-0.25, -0.2) is 0 Å². The van der Waals surface area contributed by atoms with Crippen LogP contribution in [0, 0.1) is 29.1 Å². The molecular formula is C15H26O3. The molecule has 104 valence electrons. The molecule has 0 aliphatic heterocycles. The molecule has 0 unspecified atom stereocenters. The minimum absolute atomic E-state index is 0.0641. The van der Waals surface area contributed by atoms with Crippen LogP contribution < -0.4 is 0 Å². The summed E-state index contributed by atoms with van der Waals surface area (Å²) >= 11 is 0. The Bertz CT molecular complexity index is 363. The van der Waals surface area contributed by atoms with Crippen molar-refractivity contribution in [1.82, 2.24) is 0 Å². The van der Waals surface area contributed by atoms with Gasteiger partial charge in [0.05, 0.1) is 17.8 Å². The number of aliphatic hydroxyl groups excluding tert-OH is 1. The Morgan fingerprint density at radius 1 is 0.944 bits per heavy atom. The van der Waals surface area contributed by atoms with E-state index in [1.165, 1.54) is 0 Å². The smallest absolute Gasteiger partial charge is 0.0909 e. The van der Waals surface area contributed by atoms with Crippen LogP contribution in [0.4, 0.5) is 0 Å². The molecule has 0 heterocycles. The number of rotatable bonds is 1. The van der Waals surface area contributed by atoms with Gasteiger partial charge in [0, 0.05) is 0 Å². The van der Waals surface area contributed by atoms with Gasteiger partial charge >= 0.3 is 0 Å². The Balaban J connectivity index is 1.99. The lowest BCUT2D eigenvalue weighted by Crippen LogP contribution is -2.47. The fourth-order valence-electron chi connectivity index (χ4n) is 5.31. The average Bonchev–Trinajstić information content (AvgIpc) is 2.72. The maximum absolute atomic E-state index is 10.7. The van der Waals surface area contributed by atoms with Crippen molar-refractivity contribution in [3.63, 3.8) is 0 Å². The minimum Gasteiger partial charge on any atom is -0.393 e. The molecule has 3 rings (SSSR count). The maximum Gasteiger partial charge on any atom is 0.0909 e. The standard InChI is InChI=1S/C15H26O3/c1-13(2)9-5-7-15(18,8-16)10-4-6-14(3,17)12(10)11(9)13/h9-12,16-18H,4-8H2,1-3H3/t9-,10-,11-,12-,14+,15+/m1/s1. The van der Waals surface area contributed by atoms with Crippen LogP contribution in [0.15, 0.2) is 0 Å². The van der Waals surface area contributed by atoms with Crippen molar-refractivity contribution in [3.8, 4) is 0 Å². The van der Waals surface area contributed by atoms with Gasteiger partial charge in [-0.05, 0) is 61.7 Å². The molecule has 0 aromatic carbocycles. The summed E-state index contributed by atoms with van der Waals surface area (Å²) in [6.45, 7) is 6.34. The second kappa shape index (κ2) is 3.50. The van der Waals surface area contributed by atoms with Gasteiger partial charge in [0.1, 0.15) is 0 Å². The number of hydrogen-bond donors (Lipinski definition) is 3. The Hall–Kier alpha value is -0.120. The van der Waals surface area contributed by atoms with Crippen molar-refractivity contribution in [3.05, 3.63) is 0 Å². The highest BCUT2D eigenvalue weighted by molar-refractivity contribution is 5.18. The van der Waals surface area contributed by atoms with Crippen LogP contribution in [0.2, 0.25) is 0 Å². The van der Waals surface area contributed by atoms with Crippen LogP contribution >= 0.6 is 0 Å². The summed E-state index contributed by atoms with van der Waals surface area (Å²) in [5.74, 6) is 1.34. The van der Waals surface area contributed by atoms with Gasteiger partial charge < -0.3 is 15.3 Å². The molecule has 6 atom stereocenters. The number of fused-ring (bicyclic) bond motifs is 3. The molecule has 0 aromatic rings. The van der Waals surface area contributed by atoms with Crippen molar-refractivity contribution in [2.24, 2.45) is 29.1 Å². The predicted octanol–water partition coefficient (Wildman–Crippen LogP) is 1.55. The third-order valence-electron chi connectivity index (χ3n) is 6.49. The highest BCUT2D eigenvalue weighted by atomic mass is 16.3. The second-order valence-corrected chi connectivity index (χ2v) is 7.78. The Morgan fingerprint density at radius 2 is 1.56 bits per heavy atom. The zero-order valence-corrected chi connectivity index (χ0v) is 11.7. The summed E-state index contributed by atoms with van der Waals surface area (Å²) in [5.41, 5.74) is -1.34. The van der Waals surface area contributed by atoms with Gasteiger partial charge in [-0.1, -0.05) is 13.8 Å². The van der Waals surface area contributed by atoms with Crippen LogP contribution in [-0.4, -0.2) is 33.1 Å².